The van der Waals surface area contributed by atoms with Gasteiger partial charge >= 0.3 is 0 Å². The smallest absolute Gasteiger partial charge is 0.00125 e. The first-order chi connectivity index (χ1) is 14.8. The van der Waals surface area contributed by atoms with Gasteiger partial charge in [0.05, 0.1) is 0 Å². The van der Waals surface area contributed by atoms with Crippen LogP contribution in [0.4, 0.5) is 0 Å². The van der Waals surface area contributed by atoms with Crippen LogP contribution in [0.15, 0.2) is 48.6 Å². The molecule has 0 heteroatoms. The van der Waals surface area contributed by atoms with Gasteiger partial charge in [-0.25, -0.2) is 0 Å². The Hall–Kier alpha value is -1.04. The second-order valence-electron chi connectivity index (χ2n) is 9.36. The topological polar surface area (TPSA) is 0 Å². The number of unbranched alkanes of at least 4 members (excludes halogenated alkanes) is 9. The van der Waals surface area contributed by atoms with Crippen molar-refractivity contribution in [3.8, 4) is 0 Å². The van der Waals surface area contributed by atoms with Crippen LogP contribution in [0.3, 0.4) is 0 Å². The van der Waals surface area contributed by atoms with E-state index in [0.29, 0.717) is 11.8 Å². The molecule has 1 aliphatic carbocycles. The summed E-state index contributed by atoms with van der Waals surface area (Å²) in [6, 6.07) is 0. The largest absolute Gasteiger partial charge is 0.0879 e. The summed E-state index contributed by atoms with van der Waals surface area (Å²) in [5.74, 6) is 2.78. The molecule has 0 saturated carbocycles. The highest BCUT2D eigenvalue weighted by molar-refractivity contribution is 5.18. The van der Waals surface area contributed by atoms with Crippen LogP contribution in [-0.4, -0.2) is 0 Å². The first kappa shape index (κ1) is 27.0. The number of hydrogen-bond acceptors (Lipinski definition) is 0. The predicted molar refractivity (Wildman–Crippen MR) is 138 cm³/mol. The molecule has 4 unspecified atom stereocenters. The minimum atomic E-state index is 0.578. The predicted octanol–water partition coefficient (Wildman–Crippen LogP) is 10.2. The molecule has 0 N–H and O–H groups in total. The fraction of sp³-hybridized carbons (Fsp3) is 0.733. The van der Waals surface area contributed by atoms with E-state index in [-0.39, 0.29) is 0 Å². The van der Waals surface area contributed by atoms with Crippen LogP contribution in [0.25, 0.3) is 0 Å². The third-order valence-corrected chi connectivity index (χ3v) is 6.82. The highest BCUT2D eigenvalue weighted by atomic mass is 14.4. The average Bonchev–Trinajstić information content (AvgIpc) is 2.77. The summed E-state index contributed by atoms with van der Waals surface area (Å²) in [4.78, 5) is 0. The molecule has 1 aliphatic rings. The van der Waals surface area contributed by atoms with Crippen molar-refractivity contribution < 1.29 is 0 Å². The Morgan fingerprint density at radius 3 is 2.07 bits per heavy atom. The quantitative estimate of drug-likeness (QED) is 0.127. The summed E-state index contributed by atoms with van der Waals surface area (Å²) in [5.41, 5.74) is 0. The summed E-state index contributed by atoms with van der Waals surface area (Å²) >= 11 is 0. The molecule has 0 radical (unpaired) electrons. The van der Waals surface area contributed by atoms with E-state index in [2.05, 4.69) is 76.3 Å². The van der Waals surface area contributed by atoms with E-state index in [4.69, 9.17) is 0 Å². The average molecular weight is 413 g/mol. The monoisotopic (exact) mass is 412 g/mol. The Morgan fingerprint density at radius 1 is 0.633 bits per heavy atom. The van der Waals surface area contributed by atoms with Crippen LogP contribution in [0.1, 0.15) is 118 Å². The normalized spacial score (nSPS) is 24.7. The molecule has 0 nitrogen and oxygen atoms in total. The Bertz CT molecular complexity index is 492. The lowest BCUT2D eigenvalue weighted by Crippen LogP contribution is -2.29. The van der Waals surface area contributed by atoms with Gasteiger partial charge in [0, 0.05) is 5.92 Å². The van der Waals surface area contributed by atoms with Gasteiger partial charge in [0.25, 0.3) is 0 Å². The number of allylic oxidation sites excluding steroid dienone is 8. The molecule has 172 valence electrons. The molecule has 0 amide bonds. The molecule has 0 aliphatic heterocycles. The molecule has 0 heterocycles. The fourth-order valence-electron chi connectivity index (χ4n) is 4.85. The maximum absolute atomic E-state index is 2.54. The maximum atomic E-state index is 2.54. The zero-order chi connectivity index (χ0) is 21.9. The van der Waals surface area contributed by atoms with Gasteiger partial charge in [0.1, 0.15) is 0 Å². The van der Waals surface area contributed by atoms with Crippen LogP contribution in [0.5, 0.6) is 0 Å². The summed E-state index contributed by atoms with van der Waals surface area (Å²) in [6.45, 7) is 9.27. The fourth-order valence-corrected chi connectivity index (χ4v) is 4.85. The van der Waals surface area contributed by atoms with Crippen LogP contribution in [0.2, 0.25) is 0 Å². The molecule has 1 rings (SSSR count). The van der Waals surface area contributed by atoms with Gasteiger partial charge in [-0.05, 0) is 49.9 Å². The first-order valence-corrected chi connectivity index (χ1v) is 13.5. The summed E-state index contributed by atoms with van der Waals surface area (Å²) in [6.07, 6.45) is 38.3. The van der Waals surface area contributed by atoms with Crippen LogP contribution < -0.4 is 0 Å². The van der Waals surface area contributed by atoms with Gasteiger partial charge in [-0.3, -0.25) is 0 Å². The van der Waals surface area contributed by atoms with Crippen molar-refractivity contribution in [3.63, 3.8) is 0 Å². The number of hydrogen-bond donors (Lipinski definition) is 0. The third-order valence-electron chi connectivity index (χ3n) is 6.82. The van der Waals surface area contributed by atoms with Crippen molar-refractivity contribution in [1.82, 2.24) is 0 Å². The van der Waals surface area contributed by atoms with Crippen molar-refractivity contribution in [2.45, 2.75) is 118 Å². The van der Waals surface area contributed by atoms with Crippen molar-refractivity contribution in [1.29, 1.82) is 0 Å². The SMILES string of the molecule is CCCCC=CC1C=CC(CC)C(CCCC)C1C=CC=CCCCCCCCC. The molecule has 0 saturated heterocycles. The standard InChI is InChI=1S/C30H52/c1-5-9-12-14-15-16-17-18-19-21-24-30-28(22-20-13-10-6-2)26-25-27(8-4)29(30)23-11-7-3/h18-22,24-30H,5-17,23H2,1-4H3. The van der Waals surface area contributed by atoms with Gasteiger partial charge in [-0.15, -0.1) is 0 Å². The summed E-state index contributed by atoms with van der Waals surface area (Å²) in [7, 11) is 0. The molecule has 0 bridgehead atoms. The lowest BCUT2D eigenvalue weighted by Gasteiger charge is -2.37. The highest BCUT2D eigenvalue weighted by Crippen LogP contribution is 2.40. The van der Waals surface area contributed by atoms with Crippen molar-refractivity contribution >= 4 is 0 Å². The van der Waals surface area contributed by atoms with E-state index in [0.717, 1.165) is 11.8 Å². The molecule has 0 aromatic rings. The van der Waals surface area contributed by atoms with E-state index in [1.54, 1.807) is 0 Å². The molecular formula is C30H52. The van der Waals surface area contributed by atoms with Crippen molar-refractivity contribution in [3.05, 3.63) is 48.6 Å². The molecule has 0 spiro atoms. The van der Waals surface area contributed by atoms with E-state index in [1.807, 2.05) is 0 Å². The number of rotatable bonds is 17. The minimum absolute atomic E-state index is 0.578. The Morgan fingerprint density at radius 2 is 1.33 bits per heavy atom. The van der Waals surface area contributed by atoms with E-state index in [1.165, 1.54) is 89.9 Å². The molecular weight excluding hydrogens is 360 g/mol. The van der Waals surface area contributed by atoms with Gasteiger partial charge in [-0.1, -0.05) is 134 Å². The second-order valence-corrected chi connectivity index (χ2v) is 9.36. The minimum Gasteiger partial charge on any atom is -0.0879 e. The van der Waals surface area contributed by atoms with Gasteiger partial charge < -0.3 is 0 Å². The molecule has 0 aromatic heterocycles. The zero-order valence-electron chi connectivity index (χ0n) is 20.8. The third kappa shape index (κ3) is 11.4. The molecule has 0 aromatic carbocycles. The lowest BCUT2D eigenvalue weighted by molar-refractivity contribution is 0.232. The van der Waals surface area contributed by atoms with E-state index >= 15 is 0 Å². The van der Waals surface area contributed by atoms with Crippen LogP contribution in [-0.2, 0) is 0 Å². The van der Waals surface area contributed by atoms with E-state index < -0.39 is 0 Å². The van der Waals surface area contributed by atoms with E-state index in [9.17, 15) is 0 Å². The summed E-state index contributed by atoms with van der Waals surface area (Å²) < 4.78 is 0. The zero-order valence-corrected chi connectivity index (χ0v) is 20.8. The second kappa shape index (κ2) is 18.7. The van der Waals surface area contributed by atoms with Crippen LogP contribution in [0, 0.1) is 23.7 Å². The molecule has 0 fully saturated rings. The van der Waals surface area contributed by atoms with Crippen molar-refractivity contribution in [2.75, 3.05) is 0 Å². The lowest BCUT2D eigenvalue weighted by atomic mass is 9.67. The van der Waals surface area contributed by atoms with Gasteiger partial charge in [0.2, 0.25) is 0 Å². The first-order valence-electron chi connectivity index (χ1n) is 13.5. The Balaban J connectivity index is 2.67. The Labute approximate surface area is 190 Å². The van der Waals surface area contributed by atoms with Crippen LogP contribution >= 0.6 is 0 Å². The maximum Gasteiger partial charge on any atom is 0.00125 e. The Kier molecular flexibility index (Phi) is 16.8. The molecule has 30 heavy (non-hydrogen) atoms. The van der Waals surface area contributed by atoms with Gasteiger partial charge in [0.15, 0.2) is 0 Å². The molecule has 4 atom stereocenters. The van der Waals surface area contributed by atoms with Crippen molar-refractivity contribution in [2.24, 2.45) is 23.7 Å². The highest BCUT2D eigenvalue weighted by Gasteiger charge is 2.32. The van der Waals surface area contributed by atoms with Gasteiger partial charge in [-0.2, -0.15) is 0 Å². The summed E-state index contributed by atoms with van der Waals surface area (Å²) in [5, 5.41) is 0.